The predicted octanol–water partition coefficient (Wildman–Crippen LogP) is 2.04. The quantitative estimate of drug-likeness (QED) is 0.564. The summed E-state index contributed by atoms with van der Waals surface area (Å²) in [5, 5.41) is 2.98. The third-order valence-corrected chi connectivity index (χ3v) is 7.18. The smallest absolute Gasteiger partial charge is 0.270 e. The van der Waals surface area contributed by atoms with Gasteiger partial charge in [0.05, 0.1) is 35.6 Å². The molecular formula is C26H30N6O3. The number of H-pyrrole nitrogens is 1. The van der Waals surface area contributed by atoms with E-state index in [1.165, 1.54) is 0 Å². The molecule has 6 rings (SSSR count). The maximum absolute atomic E-state index is 12.4. The Hall–Kier alpha value is -3.30. The lowest BCUT2D eigenvalue weighted by atomic mass is 10.1. The highest BCUT2D eigenvalue weighted by Gasteiger charge is 2.27. The summed E-state index contributed by atoms with van der Waals surface area (Å²) in [6.45, 7) is 5.66. The van der Waals surface area contributed by atoms with Gasteiger partial charge in [0.2, 0.25) is 0 Å². The van der Waals surface area contributed by atoms with Crippen LogP contribution in [0, 0.1) is 0 Å². The van der Waals surface area contributed by atoms with Gasteiger partial charge in [-0.15, -0.1) is 0 Å². The van der Waals surface area contributed by atoms with Crippen LogP contribution in [0.3, 0.4) is 0 Å². The standard InChI is InChI=1S/C26H30N6O3/c33-25-21(18-1-2-18)12-23-24(30-25)11-17(13-27-23)15-31-6-8-32(9-7-31)20-3-4-22(28-14-20)26(34)29-19-5-10-35-16-19/h3-4,11-14,18-19H,1-2,5-10,15-16H2,(H,29,34)(H,30,33). The molecule has 2 saturated heterocycles. The molecule has 1 saturated carbocycles. The Labute approximate surface area is 203 Å². The number of ether oxygens (including phenoxy) is 1. The number of fused-ring (bicyclic) bond motifs is 1. The first kappa shape index (κ1) is 22.2. The number of hydrogen-bond acceptors (Lipinski definition) is 7. The molecule has 182 valence electrons. The maximum Gasteiger partial charge on any atom is 0.270 e. The van der Waals surface area contributed by atoms with Gasteiger partial charge in [0.1, 0.15) is 5.69 Å². The molecule has 0 spiro atoms. The van der Waals surface area contributed by atoms with Crippen molar-refractivity contribution in [2.24, 2.45) is 0 Å². The van der Waals surface area contributed by atoms with Crippen LogP contribution in [-0.2, 0) is 11.3 Å². The topological polar surface area (TPSA) is 103 Å². The van der Waals surface area contributed by atoms with Crippen molar-refractivity contribution in [3.05, 3.63) is 63.8 Å². The number of aromatic amines is 1. The molecule has 1 aliphatic carbocycles. The molecule has 9 nitrogen and oxygen atoms in total. The monoisotopic (exact) mass is 474 g/mol. The van der Waals surface area contributed by atoms with E-state index in [9.17, 15) is 9.59 Å². The summed E-state index contributed by atoms with van der Waals surface area (Å²) in [6, 6.07) is 7.86. The molecule has 3 fully saturated rings. The first-order valence-electron chi connectivity index (χ1n) is 12.5. The molecule has 0 bridgehead atoms. The van der Waals surface area contributed by atoms with Crippen molar-refractivity contribution in [3.63, 3.8) is 0 Å². The van der Waals surface area contributed by atoms with Crippen LogP contribution < -0.4 is 15.8 Å². The zero-order valence-corrected chi connectivity index (χ0v) is 19.7. The van der Waals surface area contributed by atoms with Crippen LogP contribution in [0.2, 0.25) is 0 Å². The largest absolute Gasteiger partial charge is 0.379 e. The molecule has 1 atom stereocenters. The fraction of sp³-hybridized carbons (Fsp3) is 0.462. The third kappa shape index (κ3) is 4.92. The van der Waals surface area contributed by atoms with Gasteiger partial charge in [-0.25, -0.2) is 4.98 Å². The fourth-order valence-electron chi connectivity index (χ4n) is 4.96. The van der Waals surface area contributed by atoms with Gasteiger partial charge in [-0.3, -0.25) is 19.5 Å². The lowest BCUT2D eigenvalue weighted by Crippen LogP contribution is -2.46. The van der Waals surface area contributed by atoms with Gasteiger partial charge in [-0.05, 0) is 55.0 Å². The van der Waals surface area contributed by atoms with Gasteiger partial charge < -0.3 is 19.9 Å². The van der Waals surface area contributed by atoms with Crippen molar-refractivity contribution >= 4 is 22.6 Å². The second kappa shape index (κ2) is 9.39. The summed E-state index contributed by atoms with van der Waals surface area (Å²) in [5.74, 6) is 0.266. The van der Waals surface area contributed by atoms with Crippen LogP contribution >= 0.6 is 0 Å². The molecule has 9 heteroatoms. The summed E-state index contributed by atoms with van der Waals surface area (Å²) >= 11 is 0. The predicted molar refractivity (Wildman–Crippen MR) is 133 cm³/mol. The number of hydrogen-bond donors (Lipinski definition) is 2. The molecular weight excluding hydrogens is 444 g/mol. The van der Waals surface area contributed by atoms with E-state index in [2.05, 4.69) is 36.1 Å². The van der Waals surface area contributed by atoms with Crippen molar-refractivity contribution in [2.75, 3.05) is 44.3 Å². The minimum atomic E-state index is -0.147. The molecule has 0 radical (unpaired) electrons. The Morgan fingerprint density at radius 1 is 1.09 bits per heavy atom. The molecule has 2 aliphatic heterocycles. The molecule has 35 heavy (non-hydrogen) atoms. The molecule has 5 heterocycles. The molecule has 1 amide bonds. The van der Waals surface area contributed by atoms with E-state index in [1.807, 2.05) is 18.3 Å². The summed E-state index contributed by atoms with van der Waals surface area (Å²) in [7, 11) is 0. The first-order chi connectivity index (χ1) is 17.1. The number of rotatable bonds is 6. The average molecular weight is 475 g/mol. The van der Waals surface area contributed by atoms with Crippen molar-refractivity contribution in [1.29, 1.82) is 0 Å². The van der Waals surface area contributed by atoms with E-state index in [4.69, 9.17) is 4.74 Å². The van der Waals surface area contributed by atoms with E-state index in [1.54, 1.807) is 12.3 Å². The Morgan fingerprint density at radius 2 is 1.94 bits per heavy atom. The third-order valence-electron chi connectivity index (χ3n) is 7.18. The molecule has 2 N–H and O–H groups in total. The van der Waals surface area contributed by atoms with Crippen LogP contribution in [0.25, 0.3) is 11.0 Å². The van der Waals surface area contributed by atoms with E-state index in [0.29, 0.717) is 24.8 Å². The van der Waals surface area contributed by atoms with Crippen molar-refractivity contribution in [2.45, 2.75) is 37.8 Å². The number of nitrogens with zero attached hydrogens (tertiary/aromatic N) is 4. The molecule has 0 aromatic carbocycles. The minimum Gasteiger partial charge on any atom is -0.379 e. The highest BCUT2D eigenvalue weighted by atomic mass is 16.5. The summed E-state index contributed by atoms with van der Waals surface area (Å²) < 4.78 is 5.31. The number of carbonyl (C=O) groups is 1. The summed E-state index contributed by atoms with van der Waals surface area (Å²) in [4.78, 5) is 41.5. The number of nitrogens with one attached hydrogen (secondary N) is 2. The number of carbonyl (C=O) groups excluding carboxylic acids is 1. The minimum absolute atomic E-state index is 0.0252. The van der Waals surface area contributed by atoms with E-state index >= 15 is 0 Å². The number of piperazine rings is 1. The van der Waals surface area contributed by atoms with Crippen molar-refractivity contribution in [3.8, 4) is 0 Å². The fourth-order valence-corrected chi connectivity index (χ4v) is 4.96. The van der Waals surface area contributed by atoms with Crippen molar-refractivity contribution in [1.82, 2.24) is 25.2 Å². The lowest BCUT2D eigenvalue weighted by Gasteiger charge is -2.36. The number of anilines is 1. The van der Waals surface area contributed by atoms with E-state index < -0.39 is 0 Å². The average Bonchev–Trinajstić information content (AvgIpc) is 3.60. The normalized spacial score (nSPS) is 20.9. The van der Waals surface area contributed by atoms with E-state index in [-0.39, 0.29) is 17.5 Å². The van der Waals surface area contributed by atoms with Gasteiger partial charge in [0, 0.05) is 51.1 Å². The molecule has 1 unspecified atom stereocenters. The molecule has 3 aliphatic rings. The number of amides is 1. The van der Waals surface area contributed by atoms with Crippen LogP contribution in [0.1, 0.15) is 46.8 Å². The van der Waals surface area contributed by atoms with Crippen LogP contribution in [0.15, 0.2) is 41.5 Å². The zero-order valence-electron chi connectivity index (χ0n) is 19.7. The maximum atomic E-state index is 12.4. The van der Waals surface area contributed by atoms with E-state index in [0.717, 1.165) is 79.8 Å². The van der Waals surface area contributed by atoms with Crippen LogP contribution in [0.4, 0.5) is 5.69 Å². The van der Waals surface area contributed by atoms with Crippen LogP contribution in [-0.4, -0.2) is 71.2 Å². The second-order valence-electron chi connectivity index (χ2n) is 9.80. The van der Waals surface area contributed by atoms with Gasteiger partial charge in [0.15, 0.2) is 0 Å². The first-order valence-corrected chi connectivity index (χ1v) is 12.5. The Kier molecular flexibility index (Phi) is 5.95. The summed E-state index contributed by atoms with van der Waals surface area (Å²) in [5.41, 5.74) is 5.14. The Balaban J connectivity index is 1.04. The van der Waals surface area contributed by atoms with Gasteiger partial charge in [0.25, 0.3) is 11.5 Å². The second-order valence-corrected chi connectivity index (χ2v) is 9.80. The highest BCUT2D eigenvalue weighted by molar-refractivity contribution is 5.92. The zero-order chi connectivity index (χ0) is 23.8. The number of pyridine rings is 3. The lowest BCUT2D eigenvalue weighted by molar-refractivity contribution is 0.0925. The SMILES string of the molecule is O=C(NC1CCOC1)c1ccc(N2CCN(Cc3cnc4cc(C5CC5)c(=O)[nH]c4c3)CC2)cn1. The Bertz CT molecular complexity index is 1270. The molecule has 3 aromatic rings. The molecule has 3 aromatic heterocycles. The van der Waals surface area contributed by atoms with Crippen molar-refractivity contribution < 1.29 is 9.53 Å². The highest BCUT2D eigenvalue weighted by Crippen LogP contribution is 2.38. The van der Waals surface area contributed by atoms with Crippen LogP contribution in [0.5, 0.6) is 0 Å². The van der Waals surface area contributed by atoms with Gasteiger partial charge in [-0.2, -0.15) is 0 Å². The van der Waals surface area contributed by atoms with Gasteiger partial charge >= 0.3 is 0 Å². The van der Waals surface area contributed by atoms with Gasteiger partial charge in [-0.1, -0.05) is 0 Å². The number of aromatic nitrogens is 3. The Morgan fingerprint density at radius 3 is 2.66 bits per heavy atom. The summed E-state index contributed by atoms with van der Waals surface area (Å²) in [6.07, 6.45) is 6.77.